The number of methoxy groups -OCH3 is 4. The van der Waals surface area contributed by atoms with Gasteiger partial charge in [0.2, 0.25) is 11.7 Å². The van der Waals surface area contributed by atoms with Crippen LogP contribution in [0.2, 0.25) is 0 Å². The van der Waals surface area contributed by atoms with Crippen LogP contribution in [0, 0.1) is 6.92 Å². The van der Waals surface area contributed by atoms with E-state index in [-0.39, 0.29) is 11.9 Å². The van der Waals surface area contributed by atoms with Crippen molar-refractivity contribution in [2.75, 3.05) is 33.3 Å². The van der Waals surface area contributed by atoms with Crippen LogP contribution in [0.4, 0.5) is 5.69 Å². The van der Waals surface area contributed by atoms with Crippen LogP contribution in [0.15, 0.2) is 30.3 Å². The van der Waals surface area contributed by atoms with Crippen molar-refractivity contribution in [1.82, 2.24) is 0 Å². The van der Waals surface area contributed by atoms with Crippen molar-refractivity contribution in [3.63, 3.8) is 0 Å². The second-order valence-corrected chi connectivity index (χ2v) is 6.10. The molecule has 0 aliphatic carbocycles. The Morgan fingerprint density at radius 3 is 1.96 bits per heavy atom. The number of amides is 1. The van der Waals surface area contributed by atoms with Gasteiger partial charge in [-0.2, -0.15) is 0 Å². The molecule has 1 fully saturated rings. The third-order valence-corrected chi connectivity index (χ3v) is 4.68. The summed E-state index contributed by atoms with van der Waals surface area (Å²) in [5.74, 6) is 2.43. The van der Waals surface area contributed by atoms with Gasteiger partial charge in [-0.3, -0.25) is 4.79 Å². The average Bonchev–Trinajstić information content (AvgIpc) is 2.64. The number of rotatable bonds is 6. The SMILES string of the molecule is COc1ccc([C@H]2CC(=O)N2c2cc(OC)c(OC)c(OC)c2)cc1C. The Kier molecular flexibility index (Phi) is 4.93. The summed E-state index contributed by atoms with van der Waals surface area (Å²) in [7, 11) is 6.32. The Morgan fingerprint density at radius 1 is 0.885 bits per heavy atom. The molecule has 138 valence electrons. The molecule has 6 nitrogen and oxygen atoms in total. The normalized spacial score (nSPS) is 16.1. The van der Waals surface area contributed by atoms with Gasteiger partial charge in [0.15, 0.2) is 11.5 Å². The standard InChI is InChI=1S/C20H23NO5/c1-12-8-13(6-7-16(12)23-2)15-11-19(22)21(15)14-9-17(24-3)20(26-5)18(10-14)25-4/h6-10,15H,11H2,1-5H3/t15-/m1/s1. The zero-order chi connectivity index (χ0) is 18.8. The van der Waals surface area contributed by atoms with E-state index in [9.17, 15) is 4.79 Å². The zero-order valence-electron chi connectivity index (χ0n) is 15.7. The van der Waals surface area contributed by atoms with Crippen molar-refractivity contribution >= 4 is 11.6 Å². The van der Waals surface area contributed by atoms with Crippen molar-refractivity contribution in [1.29, 1.82) is 0 Å². The Hall–Kier alpha value is -2.89. The molecule has 1 saturated heterocycles. The van der Waals surface area contributed by atoms with Crippen molar-refractivity contribution in [3.8, 4) is 23.0 Å². The fourth-order valence-electron chi connectivity index (χ4n) is 3.32. The summed E-state index contributed by atoms with van der Waals surface area (Å²) in [6.45, 7) is 1.99. The van der Waals surface area contributed by atoms with Gasteiger partial charge in [0.1, 0.15) is 5.75 Å². The first kappa shape index (κ1) is 17.9. The number of carbonyl (C=O) groups is 1. The molecular formula is C20H23NO5. The van der Waals surface area contributed by atoms with Gasteiger partial charge >= 0.3 is 0 Å². The molecule has 6 heteroatoms. The quantitative estimate of drug-likeness (QED) is 0.741. The number of carbonyl (C=O) groups excluding carboxylic acids is 1. The first-order chi connectivity index (χ1) is 12.5. The molecule has 3 rings (SSSR count). The molecule has 1 aliphatic rings. The van der Waals surface area contributed by atoms with E-state index < -0.39 is 0 Å². The Balaban J connectivity index is 2.00. The van der Waals surface area contributed by atoms with Crippen LogP contribution in [0.1, 0.15) is 23.6 Å². The highest BCUT2D eigenvalue weighted by molar-refractivity contribution is 6.01. The van der Waals surface area contributed by atoms with Gasteiger partial charge in [-0.15, -0.1) is 0 Å². The van der Waals surface area contributed by atoms with E-state index in [1.807, 2.05) is 19.1 Å². The minimum atomic E-state index is -0.0325. The van der Waals surface area contributed by atoms with Crippen LogP contribution in [-0.2, 0) is 4.79 Å². The average molecular weight is 357 g/mol. The molecule has 2 aromatic rings. The molecular weight excluding hydrogens is 334 g/mol. The number of ether oxygens (including phenoxy) is 4. The number of hydrogen-bond acceptors (Lipinski definition) is 5. The van der Waals surface area contributed by atoms with Crippen molar-refractivity contribution in [2.45, 2.75) is 19.4 Å². The number of anilines is 1. The largest absolute Gasteiger partial charge is 0.496 e. The monoisotopic (exact) mass is 357 g/mol. The number of β-lactam (4-membered cyclic amide) rings is 1. The van der Waals surface area contributed by atoms with Gasteiger partial charge in [0.25, 0.3) is 0 Å². The molecule has 1 amide bonds. The van der Waals surface area contributed by atoms with E-state index >= 15 is 0 Å². The highest BCUT2D eigenvalue weighted by atomic mass is 16.5. The summed E-state index contributed by atoms with van der Waals surface area (Å²) < 4.78 is 21.5. The maximum atomic E-state index is 12.4. The van der Waals surface area contributed by atoms with E-state index in [2.05, 4.69) is 6.07 Å². The van der Waals surface area contributed by atoms with Crippen LogP contribution in [0.5, 0.6) is 23.0 Å². The highest BCUT2D eigenvalue weighted by Crippen LogP contribution is 2.46. The smallest absolute Gasteiger partial charge is 0.230 e. The second-order valence-electron chi connectivity index (χ2n) is 6.10. The lowest BCUT2D eigenvalue weighted by atomic mass is 9.91. The fourth-order valence-corrected chi connectivity index (χ4v) is 3.32. The van der Waals surface area contributed by atoms with Gasteiger partial charge in [-0.25, -0.2) is 0 Å². The summed E-state index contributed by atoms with van der Waals surface area (Å²) in [6.07, 6.45) is 0.461. The van der Waals surface area contributed by atoms with E-state index in [0.717, 1.165) is 16.9 Å². The highest BCUT2D eigenvalue weighted by Gasteiger charge is 2.39. The van der Waals surface area contributed by atoms with Crippen LogP contribution < -0.4 is 23.8 Å². The van der Waals surface area contributed by atoms with Gasteiger partial charge in [-0.05, 0) is 24.1 Å². The maximum absolute atomic E-state index is 12.4. The lowest BCUT2D eigenvalue weighted by Gasteiger charge is -2.41. The van der Waals surface area contributed by atoms with Gasteiger partial charge < -0.3 is 23.8 Å². The molecule has 0 bridgehead atoms. The number of aryl methyl sites for hydroxylation is 1. The lowest BCUT2D eigenvalue weighted by molar-refractivity contribution is -0.124. The molecule has 0 spiro atoms. The van der Waals surface area contributed by atoms with Crippen LogP contribution in [-0.4, -0.2) is 34.3 Å². The summed E-state index contributed by atoms with van der Waals surface area (Å²) in [4.78, 5) is 14.1. The minimum Gasteiger partial charge on any atom is -0.496 e. The van der Waals surface area contributed by atoms with Gasteiger partial charge in [-0.1, -0.05) is 12.1 Å². The number of benzene rings is 2. The van der Waals surface area contributed by atoms with Crippen molar-refractivity contribution < 1.29 is 23.7 Å². The summed E-state index contributed by atoms with van der Waals surface area (Å²) >= 11 is 0. The topological polar surface area (TPSA) is 57.2 Å². The Labute approximate surface area is 153 Å². The molecule has 1 atom stereocenters. The minimum absolute atomic E-state index is 0.0325. The molecule has 1 heterocycles. The van der Waals surface area contributed by atoms with E-state index in [0.29, 0.717) is 29.4 Å². The summed E-state index contributed by atoms with van der Waals surface area (Å²) in [5.41, 5.74) is 2.82. The Bertz CT molecular complexity index is 808. The zero-order valence-corrected chi connectivity index (χ0v) is 15.7. The molecule has 0 saturated carbocycles. The van der Waals surface area contributed by atoms with Crippen molar-refractivity contribution in [3.05, 3.63) is 41.5 Å². The number of nitrogens with zero attached hydrogens (tertiary/aromatic N) is 1. The van der Waals surface area contributed by atoms with Crippen molar-refractivity contribution in [2.24, 2.45) is 0 Å². The Morgan fingerprint density at radius 2 is 1.50 bits per heavy atom. The van der Waals surface area contributed by atoms with E-state index in [4.69, 9.17) is 18.9 Å². The molecule has 0 N–H and O–H groups in total. The predicted octanol–water partition coefficient (Wildman–Crippen LogP) is 3.51. The molecule has 0 aromatic heterocycles. The maximum Gasteiger partial charge on any atom is 0.230 e. The molecule has 26 heavy (non-hydrogen) atoms. The predicted molar refractivity (Wildman–Crippen MR) is 98.7 cm³/mol. The third kappa shape index (κ3) is 2.92. The summed E-state index contributed by atoms with van der Waals surface area (Å²) in [6, 6.07) is 9.54. The molecule has 1 aliphatic heterocycles. The number of hydrogen-bond donors (Lipinski definition) is 0. The molecule has 0 radical (unpaired) electrons. The van der Waals surface area contributed by atoms with Gasteiger partial charge in [0, 0.05) is 12.1 Å². The lowest BCUT2D eigenvalue weighted by Crippen LogP contribution is -2.46. The molecule has 2 aromatic carbocycles. The first-order valence-electron chi connectivity index (χ1n) is 8.30. The first-order valence-corrected chi connectivity index (χ1v) is 8.30. The fraction of sp³-hybridized carbons (Fsp3) is 0.350. The van der Waals surface area contributed by atoms with Gasteiger partial charge in [0.05, 0.1) is 46.6 Å². The molecule has 0 unspecified atom stereocenters. The van der Waals surface area contributed by atoms with Crippen LogP contribution in [0.3, 0.4) is 0 Å². The van der Waals surface area contributed by atoms with Crippen LogP contribution in [0.25, 0.3) is 0 Å². The second kappa shape index (κ2) is 7.15. The van der Waals surface area contributed by atoms with E-state index in [1.54, 1.807) is 45.5 Å². The summed E-state index contributed by atoms with van der Waals surface area (Å²) in [5, 5.41) is 0. The third-order valence-electron chi connectivity index (χ3n) is 4.68. The van der Waals surface area contributed by atoms with E-state index in [1.165, 1.54) is 0 Å². The van der Waals surface area contributed by atoms with Crippen LogP contribution >= 0.6 is 0 Å².